The Hall–Kier alpha value is -6.84. The van der Waals surface area contributed by atoms with Gasteiger partial charge < -0.3 is 13.9 Å². The van der Waals surface area contributed by atoms with Gasteiger partial charge in [0.05, 0.1) is 16.7 Å². The Morgan fingerprint density at radius 2 is 1.06 bits per heavy atom. The van der Waals surface area contributed by atoms with Crippen LogP contribution in [0.5, 0.6) is 0 Å². The molecule has 2 aromatic heterocycles. The van der Waals surface area contributed by atoms with Gasteiger partial charge in [-0.05, 0) is 109 Å². The zero-order chi connectivity index (χ0) is 36.3. The van der Waals surface area contributed by atoms with Crippen molar-refractivity contribution in [3.05, 3.63) is 193 Å². The van der Waals surface area contributed by atoms with Crippen LogP contribution in [-0.2, 0) is 0 Å². The summed E-state index contributed by atoms with van der Waals surface area (Å²) in [5, 5.41) is 4.66. The predicted molar refractivity (Wildman–Crippen MR) is 228 cm³/mol. The molecule has 0 N–H and O–H groups in total. The average molecular weight is 695 g/mol. The van der Waals surface area contributed by atoms with Crippen molar-refractivity contribution in [3.63, 3.8) is 0 Å². The number of benzene rings is 8. The second-order valence-corrected chi connectivity index (χ2v) is 14.4. The van der Waals surface area contributed by atoms with Gasteiger partial charge in [-0.2, -0.15) is 0 Å². The molecule has 3 heteroatoms. The second kappa shape index (κ2) is 12.7. The third kappa shape index (κ3) is 5.12. The minimum Gasteiger partial charge on any atom is -0.455 e. The number of rotatable bonds is 6. The van der Waals surface area contributed by atoms with E-state index in [1.807, 2.05) is 0 Å². The Bertz CT molecular complexity index is 2960. The lowest BCUT2D eigenvalue weighted by Gasteiger charge is -2.28. The lowest BCUT2D eigenvalue weighted by molar-refractivity contribution is 0.670. The van der Waals surface area contributed by atoms with Gasteiger partial charge in [0.25, 0.3) is 0 Å². The molecule has 0 saturated carbocycles. The highest BCUT2D eigenvalue weighted by Gasteiger charge is 2.23. The summed E-state index contributed by atoms with van der Waals surface area (Å²) in [6, 6.07) is 63.4. The van der Waals surface area contributed by atoms with Gasteiger partial charge >= 0.3 is 0 Å². The fourth-order valence-electron chi connectivity index (χ4n) is 8.56. The van der Waals surface area contributed by atoms with E-state index in [-0.39, 0.29) is 0 Å². The molecule has 3 nitrogen and oxygen atoms in total. The van der Waals surface area contributed by atoms with Crippen LogP contribution >= 0.6 is 0 Å². The maximum atomic E-state index is 6.83. The van der Waals surface area contributed by atoms with Crippen LogP contribution in [0, 0.1) is 20.8 Å². The van der Waals surface area contributed by atoms with Gasteiger partial charge in [0.15, 0.2) is 0 Å². The summed E-state index contributed by atoms with van der Waals surface area (Å²) >= 11 is 0. The van der Waals surface area contributed by atoms with Crippen molar-refractivity contribution in [3.8, 4) is 27.9 Å². The predicted octanol–water partition coefficient (Wildman–Crippen LogP) is 14.4. The van der Waals surface area contributed by atoms with Crippen molar-refractivity contribution < 1.29 is 4.42 Å². The molecule has 54 heavy (non-hydrogen) atoms. The smallest absolute Gasteiger partial charge is 0.143 e. The van der Waals surface area contributed by atoms with Gasteiger partial charge in [-0.25, -0.2) is 0 Å². The van der Waals surface area contributed by atoms with E-state index in [1.54, 1.807) is 0 Å². The lowest BCUT2D eigenvalue weighted by atomic mass is 9.94. The largest absolute Gasteiger partial charge is 0.455 e. The van der Waals surface area contributed by atoms with E-state index in [2.05, 4.69) is 206 Å². The molecule has 10 rings (SSSR count). The molecule has 0 bridgehead atoms. The number of furan rings is 1. The van der Waals surface area contributed by atoms with Crippen molar-refractivity contribution in [1.29, 1.82) is 0 Å². The topological polar surface area (TPSA) is 21.3 Å². The van der Waals surface area contributed by atoms with E-state index in [1.165, 1.54) is 49.6 Å². The van der Waals surface area contributed by atoms with Crippen molar-refractivity contribution in [2.24, 2.45) is 0 Å². The summed E-state index contributed by atoms with van der Waals surface area (Å²) in [6.07, 6.45) is 0. The third-order valence-corrected chi connectivity index (χ3v) is 10.8. The highest BCUT2D eigenvalue weighted by Crippen LogP contribution is 2.46. The monoisotopic (exact) mass is 694 g/mol. The quantitative estimate of drug-likeness (QED) is 0.173. The maximum absolute atomic E-state index is 6.83. The number of hydrogen-bond acceptors (Lipinski definition) is 2. The first kappa shape index (κ1) is 31.9. The number of nitrogens with zero attached hydrogens (tertiary/aromatic N) is 2. The Kier molecular flexibility index (Phi) is 7.48. The fraction of sp³-hybridized carbons (Fsp3) is 0.0588. The minimum atomic E-state index is 0.876. The van der Waals surface area contributed by atoms with E-state index < -0.39 is 0 Å². The molecule has 2 heterocycles. The zero-order valence-electron chi connectivity index (χ0n) is 30.5. The summed E-state index contributed by atoms with van der Waals surface area (Å²) in [7, 11) is 0. The fourth-order valence-corrected chi connectivity index (χ4v) is 8.56. The van der Waals surface area contributed by atoms with E-state index in [0.29, 0.717) is 0 Å². The Morgan fingerprint density at radius 3 is 1.78 bits per heavy atom. The summed E-state index contributed by atoms with van der Waals surface area (Å²) in [6.45, 7) is 6.62. The SMILES string of the molecule is Cc1cccc(N(c2cc(C)c(-c3ccccc3)c(C)c2)c2cc(-c3ccccc3-n3c4ccccc4c4ccccc43)c3oc4ccccc4c3c2)c1. The average Bonchev–Trinajstić information content (AvgIpc) is 3.74. The Labute approximate surface area is 315 Å². The Morgan fingerprint density at radius 1 is 0.444 bits per heavy atom. The molecule has 0 amide bonds. The van der Waals surface area contributed by atoms with Crippen LogP contribution < -0.4 is 4.90 Å². The summed E-state index contributed by atoms with van der Waals surface area (Å²) in [4.78, 5) is 2.41. The molecule has 0 aliphatic rings. The molecule has 0 fully saturated rings. The molecule has 0 unspecified atom stereocenters. The number of aromatic nitrogens is 1. The van der Waals surface area contributed by atoms with Crippen molar-refractivity contribution in [2.75, 3.05) is 4.90 Å². The maximum Gasteiger partial charge on any atom is 0.143 e. The first-order valence-corrected chi connectivity index (χ1v) is 18.6. The molecule has 0 atom stereocenters. The van der Waals surface area contributed by atoms with Crippen LogP contribution in [0.4, 0.5) is 17.1 Å². The van der Waals surface area contributed by atoms with Crippen molar-refractivity contribution in [1.82, 2.24) is 4.57 Å². The molecule has 0 radical (unpaired) electrons. The number of hydrogen-bond donors (Lipinski definition) is 0. The highest BCUT2D eigenvalue weighted by atomic mass is 16.3. The highest BCUT2D eigenvalue weighted by molar-refractivity contribution is 6.13. The lowest BCUT2D eigenvalue weighted by Crippen LogP contribution is -2.11. The molecule has 10 aromatic rings. The number of aryl methyl sites for hydroxylation is 3. The normalized spacial score (nSPS) is 11.6. The van der Waals surface area contributed by atoms with Gasteiger partial charge in [-0.1, -0.05) is 115 Å². The summed E-state index contributed by atoms with van der Waals surface area (Å²) in [5.41, 5.74) is 16.8. The molecule has 0 spiro atoms. The van der Waals surface area contributed by atoms with Gasteiger partial charge in [0, 0.05) is 49.7 Å². The summed E-state index contributed by atoms with van der Waals surface area (Å²) in [5.74, 6) is 0. The van der Waals surface area contributed by atoms with E-state index >= 15 is 0 Å². The molecule has 0 aliphatic heterocycles. The molecular weight excluding hydrogens is 657 g/mol. The van der Waals surface area contributed by atoms with Gasteiger partial charge in [-0.15, -0.1) is 0 Å². The first-order chi connectivity index (χ1) is 26.5. The molecule has 0 aliphatic carbocycles. The van der Waals surface area contributed by atoms with Crippen LogP contribution in [0.25, 0.3) is 71.7 Å². The Balaban J connectivity index is 1.27. The molecular formula is C51H38N2O. The first-order valence-electron chi connectivity index (χ1n) is 18.6. The van der Waals surface area contributed by atoms with Crippen LogP contribution in [-0.4, -0.2) is 4.57 Å². The van der Waals surface area contributed by atoms with E-state index in [0.717, 1.165) is 55.8 Å². The van der Waals surface area contributed by atoms with Crippen LogP contribution in [0.1, 0.15) is 16.7 Å². The third-order valence-electron chi connectivity index (χ3n) is 10.8. The number of fused-ring (bicyclic) bond motifs is 6. The molecule has 258 valence electrons. The standard InChI is InChI=1S/C51H38N2O/c1-33-16-15-19-37(28-33)52(38-29-34(2)50(35(3)30-38)36-17-5-4-6-18-36)39-31-44(51-45(32-39)43-23-10-14-27-49(43)54-51)42-22-9-13-26-48(42)53-46-24-11-7-20-40(46)41-21-8-12-25-47(41)53/h4-32H,1-3H3. The zero-order valence-corrected chi connectivity index (χ0v) is 30.5. The van der Waals surface area contributed by atoms with Crippen molar-refractivity contribution in [2.45, 2.75) is 20.8 Å². The van der Waals surface area contributed by atoms with Gasteiger partial charge in [0.1, 0.15) is 11.2 Å². The van der Waals surface area contributed by atoms with Gasteiger partial charge in [-0.3, -0.25) is 0 Å². The number of para-hydroxylation sites is 4. The van der Waals surface area contributed by atoms with E-state index in [4.69, 9.17) is 4.42 Å². The van der Waals surface area contributed by atoms with Gasteiger partial charge in [0.2, 0.25) is 0 Å². The van der Waals surface area contributed by atoms with Crippen LogP contribution in [0.15, 0.2) is 180 Å². The van der Waals surface area contributed by atoms with Crippen LogP contribution in [0.2, 0.25) is 0 Å². The van der Waals surface area contributed by atoms with E-state index in [9.17, 15) is 0 Å². The summed E-state index contributed by atoms with van der Waals surface area (Å²) < 4.78 is 9.24. The van der Waals surface area contributed by atoms with Crippen LogP contribution in [0.3, 0.4) is 0 Å². The van der Waals surface area contributed by atoms with Crippen molar-refractivity contribution >= 4 is 60.8 Å². The second-order valence-electron chi connectivity index (χ2n) is 14.4. The molecule has 0 saturated heterocycles. The minimum absolute atomic E-state index is 0.876. The number of anilines is 3. The molecule has 8 aromatic carbocycles.